The van der Waals surface area contributed by atoms with E-state index in [-0.39, 0.29) is 16.7 Å². The van der Waals surface area contributed by atoms with E-state index in [0.29, 0.717) is 12.2 Å². The molecule has 112 valence electrons. The molecule has 0 aliphatic heterocycles. The first-order valence-corrected chi connectivity index (χ1v) is 7.80. The molecular weight excluding hydrogens is 363 g/mol. The van der Waals surface area contributed by atoms with Gasteiger partial charge in [-0.1, -0.05) is 40.2 Å². The Labute approximate surface area is 134 Å². The van der Waals surface area contributed by atoms with Gasteiger partial charge < -0.3 is 5.32 Å². The quantitative estimate of drug-likeness (QED) is 0.659. The summed E-state index contributed by atoms with van der Waals surface area (Å²) in [5, 5.41) is 3.06. The first kappa shape index (κ1) is 16.2. The van der Waals surface area contributed by atoms with Gasteiger partial charge in [0.15, 0.2) is 0 Å². The lowest BCUT2D eigenvalue weighted by Gasteiger charge is -2.13. The SMILES string of the molecule is Cc1cc(CNc2ccccc2SC(F)(F)F)ccc1Br. The van der Waals surface area contributed by atoms with Crippen molar-refractivity contribution in [3.63, 3.8) is 0 Å². The Kier molecular flexibility index (Phi) is 5.22. The number of hydrogen-bond acceptors (Lipinski definition) is 2. The van der Waals surface area contributed by atoms with Gasteiger partial charge in [-0.15, -0.1) is 0 Å². The number of halogens is 4. The fraction of sp³-hybridized carbons (Fsp3) is 0.200. The standard InChI is InChI=1S/C15H13BrF3NS/c1-10-8-11(6-7-12(10)16)9-20-13-4-2-3-5-14(13)21-15(17,18)19/h2-8,20H,9H2,1H3. The molecule has 0 heterocycles. The van der Waals surface area contributed by atoms with Crippen LogP contribution in [0.2, 0.25) is 0 Å². The Hall–Kier alpha value is -1.14. The lowest BCUT2D eigenvalue weighted by molar-refractivity contribution is -0.0327. The zero-order valence-corrected chi connectivity index (χ0v) is 13.6. The molecule has 2 aromatic carbocycles. The molecule has 0 aliphatic rings. The Bertz CT molecular complexity index is 629. The van der Waals surface area contributed by atoms with Crippen molar-refractivity contribution in [2.75, 3.05) is 5.32 Å². The van der Waals surface area contributed by atoms with E-state index in [4.69, 9.17) is 0 Å². The number of rotatable bonds is 4. The molecule has 0 aliphatic carbocycles. The van der Waals surface area contributed by atoms with E-state index < -0.39 is 5.51 Å². The van der Waals surface area contributed by atoms with E-state index >= 15 is 0 Å². The number of para-hydroxylation sites is 1. The summed E-state index contributed by atoms with van der Waals surface area (Å²) in [5.41, 5.74) is -1.69. The van der Waals surface area contributed by atoms with Crippen molar-refractivity contribution in [3.05, 3.63) is 58.1 Å². The Morgan fingerprint density at radius 2 is 1.86 bits per heavy atom. The number of alkyl halides is 3. The molecule has 0 radical (unpaired) electrons. The van der Waals surface area contributed by atoms with E-state index in [9.17, 15) is 13.2 Å². The van der Waals surface area contributed by atoms with Crippen LogP contribution in [0.15, 0.2) is 51.8 Å². The molecule has 21 heavy (non-hydrogen) atoms. The highest BCUT2D eigenvalue weighted by atomic mass is 79.9. The van der Waals surface area contributed by atoms with E-state index in [0.717, 1.165) is 15.6 Å². The minimum Gasteiger partial charge on any atom is -0.380 e. The zero-order valence-electron chi connectivity index (χ0n) is 11.2. The molecule has 0 saturated heterocycles. The number of thioether (sulfide) groups is 1. The molecule has 6 heteroatoms. The molecule has 2 rings (SSSR count). The van der Waals surface area contributed by atoms with E-state index in [1.807, 2.05) is 25.1 Å². The van der Waals surface area contributed by atoms with Gasteiger partial charge in [0, 0.05) is 21.6 Å². The fourth-order valence-electron chi connectivity index (χ4n) is 1.84. The van der Waals surface area contributed by atoms with Crippen LogP contribution < -0.4 is 5.32 Å². The molecule has 0 unspecified atom stereocenters. The van der Waals surface area contributed by atoms with Crippen molar-refractivity contribution < 1.29 is 13.2 Å². The molecule has 0 bridgehead atoms. The van der Waals surface area contributed by atoms with Crippen LogP contribution in [0.3, 0.4) is 0 Å². The van der Waals surface area contributed by atoms with Crippen molar-refractivity contribution in [3.8, 4) is 0 Å². The third-order valence-corrected chi connectivity index (χ3v) is 4.52. The summed E-state index contributed by atoms with van der Waals surface area (Å²) in [6.45, 7) is 2.45. The second-order valence-electron chi connectivity index (χ2n) is 4.48. The molecule has 0 saturated carbocycles. The van der Waals surface area contributed by atoms with Crippen molar-refractivity contribution >= 4 is 33.4 Å². The van der Waals surface area contributed by atoms with Gasteiger partial charge in [0.05, 0.1) is 0 Å². The van der Waals surface area contributed by atoms with Gasteiger partial charge in [-0.25, -0.2) is 0 Å². The maximum Gasteiger partial charge on any atom is 0.446 e. The Morgan fingerprint density at radius 1 is 1.14 bits per heavy atom. The van der Waals surface area contributed by atoms with Gasteiger partial charge >= 0.3 is 5.51 Å². The third kappa shape index (κ3) is 4.97. The topological polar surface area (TPSA) is 12.0 Å². The second-order valence-corrected chi connectivity index (χ2v) is 6.44. The summed E-state index contributed by atoms with van der Waals surface area (Å²) in [6.07, 6.45) is 0. The summed E-state index contributed by atoms with van der Waals surface area (Å²) < 4.78 is 38.5. The Balaban J connectivity index is 2.11. The van der Waals surface area contributed by atoms with Gasteiger partial charge in [-0.05, 0) is 48.0 Å². The number of aryl methyl sites for hydroxylation is 1. The highest BCUT2D eigenvalue weighted by Crippen LogP contribution is 2.40. The molecule has 0 fully saturated rings. The zero-order chi connectivity index (χ0) is 15.5. The average molecular weight is 376 g/mol. The minimum absolute atomic E-state index is 0.102. The number of hydrogen-bond donors (Lipinski definition) is 1. The van der Waals surface area contributed by atoms with Crippen LogP contribution in [0, 0.1) is 6.92 Å². The van der Waals surface area contributed by atoms with Crippen LogP contribution in [0.25, 0.3) is 0 Å². The molecule has 0 spiro atoms. The molecule has 0 aromatic heterocycles. The Morgan fingerprint density at radius 3 is 2.52 bits per heavy atom. The normalized spacial score (nSPS) is 11.5. The van der Waals surface area contributed by atoms with Gasteiger partial charge in [0.1, 0.15) is 0 Å². The molecule has 0 atom stereocenters. The van der Waals surface area contributed by atoms with Crippen LogP contribution in [-0.2, 0) is 6.54 Å². The van der Waals surface area contributed by atoms with Gasteiger partial charge in [-0.2, -0.15) is 13.2 Å². The smallest absolute Gasteiger partial charge is 0.380 e. The van der Waals surface area contributed by atoms with Crippen LogP contribution in [0.5, 0.6) is 0 Å². The monoisotopic (exact) mass is 375 g/mol. The molecule has 1 N–H and O–H groups in total. The number of nitrogens with one attached hydrogen (secondary N) is 1. The largest absolute Gasteiger partial charge is 0.446 e. The average Bonchev–Trinajstić information content (AvgIpc) is 2.40. The van der Waals surface area contributed by atoms with E-state index in [2.05, 4.69) is 21.2 Å². The lowest BCUT2D eigenvalue weighted by atomic mass is 10.1. The molecular formula is C15H13BrF3NS. The van der Waals surface area contributed by atoms with Crippen LogP contribution in [0.1, 0.15) is 11.1 Å². The van der Waals surface area contributed by atoms with Gasteiger partial charge in [0.2, 0.25) is 0 Å². The first-order valence-electron chi connectivity index (χ1n) is 6.19. The van der Waals surface area contributed by atoms with Gasteiger partial charge in [0.25, 0.3) is 0 Å². The number of benzene rings is 2. The number of anilines is 1. The predicted molar refractivity (Wildman–Crippen MR) is 84.6 cm³/mol. The first-order chi connectivity index (χ1) is 9.85. The maximum absolute atomic E-state index is 12.5. The lowest BCUT2D eigenvalue weighted by Crippen LogP contribution is -2.04. The van der Waals surface area contributed by atoms with Crippen molar-refractivity contribution in [1.29, 1.82) is 0 Å². The van der Waals surface area contributed by atoms with Gasteiger partial charge in [-0.3, -0.25) is 0 Å². The van der Waals surface area contributed by atoms with Crippen LogP contribution in [-0.4, -0.2) is 5.51 Å². The van der Waals surface area contributed by atoms with Crippen LogP contribution >= 0.6 is 27.7 Å². The fourth-order valence-corrected chi connectivity index (χ4v) is 2.73. The summed E-state index contributed by atoms with van der Waals surface area (Å²) in [7, 11) is 0. The summed E-state index contributed by atoms with van der Waals surface area (Å²) in [6, 6.07) is 12.3. The van der Waals surface area contributed by atoms with Crippen molar-refractivity contribution in [2.45, 2.75) is 23.9 Å². The molecule has 1 nitrogen and oxygen atoms in total. The maximum atomic E-state index is 12.5. The minimum atomic E-state index is -4.29. The van der Waals surface area contributed by atoms with E-state index in [1.54, 1.807) is 18.2 Å². The van der Waals surface area contributed by atoms with E-state index in [1.165, 1.54) is 6.07 Å². The van der Waals surface area contributed by atoms with Crippen molar-refractivity contribution in [2.24, 2.45) is 0 Å². The summed E-state index contributed by atoms with van der Waals surface area (Å²) in [4.78, 5) is 0.179. The predicted octanol–water partition coefficient (Wildman–Crippen LogP) is 5.98. The summed E-state index contributed by atoms with van der Waals surface area (Å²) in [5.74, 6) is 0. The highest BCUT2D eigenvalue weighted by molar-refractivity contribution is 9.10. The van der Waals surface area contributed by atoms with Crippen molar-refractivity contribution in [1.82, 2.24) is 0 Å². The highest BCUT2D eigenvalue weighted by Gasteiger charge is 2.30. The second kappa shape index (κ2) is 6.75. The van der Waals surface area contributed by atoms with Crippen LogP contribution in [0.4, 0.5) is 18.9 Å². The molecule has 0 amide bonds. The third-order valence-electron chi connectivity index (χ3n) is 2.82. The molecule has 2 aromatic rings. The summed E-state index contributed by atoms with van der Waals surface area (Å²) >= 11 is 3.32.